The van der Waals surface area contributed by atoms with Crippen LogP contribution in [-0.4, -0.2) is 73.1 Å². The van der Waals surface area contributed by atoms with Crippen LogP contribution < -0.4 is 10.5 Å². The number of β-amino-alcohol motifs (C(OH)–C–C–N with tert-alkyl or cyclic N) is 1. The molecule has 0 aliphatic carbocycles. The highest BCUT2D eigenvalue weighted by atomic mass is 35.5. The summed E-state index contributed by atoms with van der Waals surface area (Å²) in [6.07, 6.45) is 0. The number of hydrogen-bond donors (Lipinski definition) is 2. The van der Waals surface area contributed by atoms with E-state index in [9.17, 15) is 23.1 Å². The summed E-state index contributed by atoms with van der Waals surface area (Å²) in [6.45, 7) is 0.959. The number of amides is 1. The van der Waals surface area contributed by atoms with Crippen LogP contribution in [0.2, 0.25) is 5.02 Å². The molecule has 1 atom stereocenters. The number of piperazine rings is 1. The van der Waals surface area contributed by atoms with Crippen molar-refractivity contribution in [2.45, 2.75) is 17.5 Å². The standard InChI is InChI=1S/C21H24ClN3O7S/c1-2-31-19(26)13-24-11-12-25(21(28,14-24)20(23)27)33(29,30)18-9-7-17(8-10-18)32-16-5-3-15(22)4-6-16/h3-10,28H,2,11-14H2,1H3,(H2,23,27). The molecule has 0 spiro atoms. The second kappa shape index (κ2) is 10.1. The number of rotatable bonds is 8. The third-order valence-electron chi connectivity index (χ3n) is 4.99. The zero-order valence-corrected chi connectivity index (χ0v) is 19.4. The maximum absolute atomic E-state index is 13.2. The number of nitrogens with zero attached hydrogens (tertiary/aromatic N) is 2. The first-order chi connectivity index (χ1) is 15.6. The lowest BCUT2D eigenvalue weighted by Gasteiger charge is -2.43. The normalized spacial score (nSPS) is 19.7. The second-order valence-corrected chi connectivity index (χ2v) is 9.60. The second-order valence-electron chi connectivity index (χ2n) is 7.30. The number of nitrogens with two attached hydrogens (primary N) is 1. The third kappa shape index (κ3) is 5.63. The molecule has 33 heavy (non-hydrogen) atoms. The molecule has 1 unspecified atom stereocenters. The summed E-state index contributed by atoms with van der Waals surface area (Å²) < 4.78 is 37.7. The quantitative estimate of drug-likeness (QED) is 0.518. The van der Waals surface area contributed by atoms with E-state index in [4.69, 9.17) is 26.8 Å². The van der Waals surface area contributed by atoms with Crippen LogP contribution in [-0.2, 0) is 24.3 Å². The van der Waals surface area contributed by atoms with Crippen LogP contribution in [0.4, 0.5) is 0 Å². The minimum atomic E-state index is -4.31. The lowest BCUT2D eigenvalue weighted by Crippen LogP contribution is -2.69. The molecule has 12 heteroatoms. The van der Waals surface area contributed by atoms with E-state index in [0.29, 0.717) is 20.8 Å². The highest BCUT2D eigenvalue weighted by Crippen LogP contribution is 2.29. The minimum absolute atomic E-state index is 0.0887. The van der Waals surface area contributed by atoms with Crippen molar-refractivity contribution in [2.75, 3.05) is 32.8 Å². The van der Waals surface area contributed by atoms with E-state index in [-0.39, 0.29) is 31.1 Å². The Morgan fingerprint density at radius 2 is 1.67 bits per heavy atom. The van der Waals surface area contributed by atoms with Gasteiger partial charge in [-0.1, -0.05) is 11.6 Å². The van der Waals surface area contributed by atoms with Crippen molar-refractivity contribution in [1.82, 2.24) is 9.21 Å². The van der Waals surface area contributed by atoms with Crippen LogP contribution in [0.1, 0.15) is 6.92 Å². The average molecular weight is 498 g/mol. The molecule has 2 aromatic carbocycles. The molecule has 1 amide bonds. The third-order valence-corrected chi connectivity index (χ3v) is 7.17. The number of carbonyl (C=O) groups is 2. The number of esters is 1. The molecule has 0 saturated carbocycles. The predicted octanol–water partition coefficient (Wildman–Crippen LogP) is 1.18. The molecular formula is C21H24ClN3O7S. The smallest absolute Gasteiger partial charge is 0.320 e. The number of aliphatic hydroxyl groups is 1. The number of halogens is 1. The molecule has 2 aromatic rings. The van der Waals surface area contributed by atoms with Crippen molar-refractivity contribution >= 4 is 33.5 Å². The van der Waals surface area contributed by atoms with Gasteiger partial charge in [-0.25, -0.2) is 8.42 Å². The fourth-order valence-corrected chi connectivity index (χ4v) is 5.10. The summed E-state index contributed by atoms with van der Waals surface area (Å²) in [4.78, 5) is 25.1. The van der Waals surface area contributed by atoms with Gasteiger partial charge in [0.05, 0.1) is 24.6 Å². The Labute approximate surface area is 196 Å². The Morgan fingerprint density at radius 3 is 2.21 bits per heavy atom. The number of hydrogen-bond acceptors (Lipinski definition) is 8. The number of carbonyl (C=O) groups excluding carboxylic acids is 2. The number of ether oxygens (including phenoxy) is 2. The van der Waals surface area contributed by atoms with Gasteiger partial charge >= 0.3 is 5.97 Å². The SMILES string of the molecule is CCOC(=O)CN1CCN(S(=O)(=O)c2ccc(Oc3ccc(Cl)cc3)cc2)C(O)(C(N)=O)C1. The van der Waals surface area contributed by atoms with Crippen molar-refractivity contribution in [3.8, 4) is 11.5 Å². The highest BCUT2D eigenvalue weighted by Gasteiger charge is 2.51. The van der Waals surface area contributed by atoms with Gasteiger partial charge in [0.25, 0.3) is 5.91 Å². The Bertz CT molecular complexity index is 1110. The molecule has 1 heterocycles. The first-order valence-corrected chi connectivity index (χ1v) is 11.8. The van der Waals surface area contributed by atoms with E-state index in [2.05, 4.69) is 0 Å². The monoisotopic (exact) mass is 497 g/mol. The number of primary amides is 1. The first-order valence-electron chi connectivity index (χ1n) is 10.0. The Morgan fingerprint density at radius 1 is 1.09 bits per heavy atom. The average Bonchev–Trinajstić information content (AvgIpc) is 2.75. The van der Waals surface area contributed by atoms with Crippen LogP contribution in [0.5, 0.6) is 11.5 Å². The topological polar surface area (TPSA) is 139 Å². The summed E-state index contributed by atoms with van der Waals surface area (Å²) in [7, 11) is -4.31. The maximum atomic E-state index is 13.2. The molecule has 10 nitrogen and oxygen atoms in total. The van der Waals surface area contributed by atoms with Gasteiger partial charge in [0.15, 0.2) is 0 Å². The van der Waals surface area contributed by atoms with E-state index in [1.54, 1.807) is 31.2 Å². The number of benzene rings is 2. The highest BCUT2D eigenvalue weighted by molar-refractivity contribution is 7.89. The van der Waals surface area contributed by atoms with E-state index in [1.807, 2.05) is 0 Å². The van der Waals surface area contributed by atoms with Crippen molar-refractivity contribution < 1.29 is 32.6 Å². The van der Waals surface area contributed by atoms with Gasteiger partial charge in [-0.2, -0.15) is 4.31 Å². The fraction of sp³-hybridized carbons (Fsp3) is 0.333. The molecule has 0 aromatic heterocycles. The molecule has 1 aliphatic heterocycles. The van der Waals surface area contributed by atoms with Crippen LogP contribution in [0.15, 0.2) is 53.4 Å². The Kier molecular flexibility index (Phi) is 7.60. The van der Waals surface area contributed by atoms with Gasteiger partial charge < -0.3 is 20.3 Å². The molecule has 0 radical (unpaired) electrons. The summed E-state index contributed by atoms with van der Waals surface area (Å²) in [6, 6.07) is 12.1. The van der Waals surface area contributed by atoms with E-state index >= 15 is 0 Å². The fourth-order valence-electron chi connectivity index (χ4n) is 3.38. The Hall–Kier alpha value is -2.70. The Balaban J connectivity index is 1.79. The molecule has 178 valence electrons. The summed E-state index contributed by atoms with van der Waals surface area (Å²) in [5.41, 5.74) is 2.83. The van der Waals surface area contributed by atoms with Gasteiger partial charge in [-0.3, -0.25) is 14.5 Å². The lowest BCUT2D eigenvalue weighted by atomic mass is 10.1. The molecule has 1 saturated heterocycles. The largest absolute Gasteiger partial charge is 0.465 e. The van der Waals surface area contributed by atoms with Crippen molar-refractivity contribution in [1.29, 1.82) is 0 Å². The predicted molar refractivity (Wildman–Crippen MR) is 119 cm³/mol. The van der Waals surface area contributed by atoms with Crippen molar-refractivity contribution in [2.24, 2.45) is 5.73 Å². The van der Waals surface area contributed by atoms with Gasteiger partial charge in [0.1, 0.15) is 11.5 Å². The number of sulfonamides is 1. The molecule has 1 fully saturated rings. The van der Waals surface area contributed by atoms with Crippen LogP contribution >= 0.6 is 11.6 Å². The van der Waals surface area contributed by atoms with E-state index < -0.39 is 34.2 Å². The molecule has 1 aliphatic rings. The van der Waals surface area contributed by atoms with Gasteiger partial charge in [-0.15, -0.1) is 0 Å². The summed E-state index contributed by atoms with van der Waals surface area (Å²) >= 11 is 5.85. The summed E-state index contributed by atoms with van der Waals surface area (Å²) in [5.74, 6) is -0.921. The molecule has 0 bridgehead atoms. The van der Waals surface area contributed by atoms with E-state index in [0.717, 1.165) is 0 Å². The van der Waals surface area contributed by atoms with Crippen LogP contribution in [0, 0.1) is 0 Å². The van der Waals surface area contributed by atoms with Gasteiger partial charge in [0.2, 0.25) is 15.7 Å². The zero-order chi connectivity index (χ0) is 24.2. The van der Waals surface area contributed by atoms with Crippen molar-refractivity contribution in [3.05, 3.63) is 53.6 Å². The van der Waals surface area contributed by atoms with Gasteiger partial charge in [-0.05, 0) is 55.5 Å². The minimum Gasteiger partial charge on any atom is -0.465 e. The van der Waals surface area contributed by atoms with Crippen LogP contribution in [0.3, 0.4) is 0 Å². The molecule has 3 N–H and O–H groups in total. The first kappa shape index (κ1) is 24.9. The summed E-state index contributed by atoms with van der Waals surface area (Å²) in [5, 5.41) is 11.5. The van der Waals surface area contributed by atoms with Crippen molar-refractivity contribution in [3.63, 3.8) is 0 Å². The molecular weight excluding hydrogens is 474 g/mol. The van der Waals surface area contributed by atoms with Gasteiger partial charge in [0, 0.05) is 18.1 Å². The lowest BCUT2D eigenvalue weighted by molar-refractivity contribution is -0.164. The van der Waals surface area contributed by atoms with E-state index in [1.165, 1.54) is 29.2 Å². The molecule has 3 rings (SSSR count). The van der Waals surface area contributed by atoms with Crippen LogP contribution in [0.25, 0.3) is 0 Å². The maximum Gasteiger partial charge on any atom is 0.320 e. The zero-order valence-electron chi connectivity index (χ0n) is 17.8.